The number of ether oxygens (including phenoxy) is 3. The van der Waals surface area contributed by atoms with Gasteiger partial charge in [0.25, 0.3) is 0 Å². The molecule has 0 bridgehead atoms. The summed E-state index contributed by atoms with van der Waals surface area (Å²) >= 11 is 0. The minimum absolute atomic E-state index is 0.0558. The highest BCUT2D eigenvalue weighted by atomic mass is 32.2. The number of aryl methyl sites for hydroxylation is 1. The molecule has 0 amide bonds. The smallest absolute Gasteiger partial charge is 0.339 e. The Kier molecular flexibility index (Phi) is 8.32. The SMILES string of the molecule is COc1ccc(CO[C@@H](CCO)c2ccc(OS(=O)(=O)c3ccc(C)cc3)c(OC)c2)cc1. The van der Waals surface area contributed by atoms with Crippen LogP contribution in [0.1, 0.15) is 29.2 Å². The predicted molar refractivity (Wildman–Crippen MR) is 124 cm³/mol. The molecule has 0 radical (unpaired) electrons. The van der Waals surface area contributed by atoms with Crippen LogP contribution >= 0.6 is 0 Å². The summed E-state index contributed by atoms with van der Waals surface area (Å²) in [5.74, 6) is 1.07. The molecule has 3 aromatic carbocycles. The lowest BCUT2D eigenvalue weighted by Gasteiger charge is -2.19. The molecule has 0 aliphatic heterocycles. The summed E-state index contributed by atoms with van der Waals surface area (Å²) in [5.41, 5.74) is 2.63. The van der Waals surface area contributed by atoms with Gasteiger partial charge in [-0.05, 0) is 54.4 Å². The maximum atomic E-state index is 12.7. The van der Waals surface area contributed by atoms with Gasteiger partial charge in [-0.3, -0.25) is 0 Å². The molecule has 3 rings (SSSR count). The number of aliphatic hydroxyl groups excluding tert-OH is 1. The highest BCUT2D eigenvalue weighted by Gasteiger charge is 2.21. The molecule has 7 nitrogen and oxygen atoms in total. The summed E-state index contributed by atoms with van der Waals surface area (Å²) in [6.07, 6.45) is -0.0602. The zero-order chi connectivity index (χ0) is 23.8. The van der Waals surface area contributed by atoms with Gasteiger partial charge >= 0.3 is 10.1 Å². The standard InChI is InChI=1S/C25H28O7S/c1-18-4-11-22(12-5-18)33(27,28)32-24-13-8-20(16-25(24)30-3)23(14-15-26)31-17-19-6-9-21(29-2)10-7-19/h4-13,16,23,26H,14-15,17H2,1-3H3/t23-/m0/s1. The van der Waals surface area contributed by atoms with Crippen LogP contribution in [0.4, 0.5) is 0 Å². The van der Waals surface area contributed by atoms with Crippen molar-refractivity contribution in [3.05, 3.63) is 83.4 Å². The molecular weight excluding hydrogens is 444 g/mol. The fourth-order valence-electron chi connectivity index (χ4n) is 3.21. The van der Waals surface area contributed by atoms with Crippen LogP contribution in [0.5, 0.6) is 17.2 Å². The fourth-order valence-corrected chi connectivity index (χ4v) is 4.15. The number of hydrogen-bond acceptors (Lipinski definition) is 7. The largest absolute Gasteiger partial charge is 0.497 e. The van der Waals surface area contributed by atoms with E-state index in [0.717, 1.165) is 22.4 Å². The van der Waals surface area contributed by atoms with E-state index < -0.39 is 16.2 Å². The Hall–Kier alpha value is -3.07. The minimum Gasteiger partial charge on any atom is -0.497 e. The van der Waals surface area contributed by atoms with E-state index in [1.54, 1.807) is 31.4 Å². The first kappa shape index (κ1) is 24.6. The highest BCUT2D eigenvalue weighted by Crippen LogP contribution is 2.34. The third-order valence-electron chi connectivity index (χ3n) is 5.07. The maximum Gasteiger partial charge on any atom is 0.339 e. The highest BCUT2D eigenvalue weighted by molar-refractivity contribution is 7.87. The summed E-state index contributed by atoms with van der Waals surface area (Å²) in [4.78, 5) is 0.0558. The first-order valence-corrected chi connectivity index (χ1v) is 11.8. The molecule has 33 heavy (non-hydrogen) atoms. The van der Waals surface area contributed by atoms with Crippen LogP contribution in [-0.2, 0) is 21.5 Å². The van der Waals surface area contributed by atoms with Gasteiger partial charge in [0.2, 0.25) is 0 Å². The molecule has 0 saturated heterocycles. The molecule has 3 aromatic rings. The Bertz CT molecular complexity index is 1140. The molecule has 1 N–H and O–H groups in total. The molecule has 1 atom stereocenters. The number of aliphatic hydroxyl groups is 1. The van der Waals surface area contributed by atoms with Crippen molar-refractivity contribution < 1.29 is 31.9 Å². The van der Waals surface area contributed by atoms with Crippen molar-refractivity contribution in [3.8, 4) is 17.2 Å². The average molecular weight is 473 g/mol. The Labute approximate surface area is 194 Å². The summed E-state index contributed by atoms with van der Waals surface area (Å²) in [6, 6.07) is 18.8. The summed E-state index contributed by atoms with van der Waals surface area (Å²) in [5, 5.41) is 9.51. The van der Waals surface area contributed by atoms with E-state index in [-0.39, 0.29) is 23.0 Å². The van der Waals surface area contributed by atoms with Gasteiger partial charge in [-0.25, -0.2) is 0 Å². The minimum atomic E-state index is -4.02. The van der Waals surface area contributed by atoms with E-state index >= 15 is 0 Å². The second-order valence-corrected chi connectivity index (χ2v) is 8.97. The summed E-state index contributed by atoms with van der Waals surface area (Å²) in [6.45, 7) is 2.13. The average Bonchev–Trinajstić information content (AvgIpc) is 2.82. The lowest BCUT2D eigenvalue weighted by atomic mass is 10.1. The molecule has 0 aromatic heterocycles. The van der Waals surface area contributed by atoms with Crippen LogP contribution in [0, 0.1) is 6.92 Å². The van der Waals surface area contributed by atoms with Crippen molar-refractivity contribution in [3.63, 3.8) is 0 Å². The lowest BCUT2D eigenvalue weighted by Crippen LogP contribution is -2.11. The number of hydrogen-bond donors (Lipinski definition) is 1. The zero-order valence-corrected chi connectivity index (χ0v) is 19.7. The quantitative estimate of drug-likeness (QED) is 0.413. The van der Waals surface area contributed by atoms with Gasteiger partial charge in [0.05, 0.1) is 26.9 Å². The first-order chi connectivity index (χ1) is 15.9. The molecule has 0 unspecified atom stereocenters. The molecule has 0 aliphatic rings. The number of benzene rings is 3. The Morgan fingerprint density at radius 1 is 0.879 bits per heavy atom. The van der Waals surface area contributed by atoms with Gasteiger partial charge < -0.3 is 23.5 Å². The third kappa shape index (κ3) is 6.47. The molecule has 0 heterocycles. The summed E-state index contributed by atoms with van der Waals surface area (Å²) in [7, 11) is -0.979. The van der Waals surface area contributed by atoms with Crippen molar-refractivity contribution in [1.29, 1.82) is 0 Å². The van der Waals surface area contributed by atoms with Gasteiger partial charge in [0, 0.05) is 13.0 Å². The van der Waals surface area contributed by atoms with Crippen molar-refractivity contribution in [2.24, 2.45) is 0 Å². The van der Waals surface area contributed by atoms with Gasteiger partial charge in [-0.2, -0.15) is 8.42 Å². The van der Waals surface area contributed by atoms with Crippen molar-refractivity contribution in [1.82, 2.24) is 0 Å². The molecular formula is C25H28O7S. The van der Waals surface area contributed by atoms with E-state index in [1.165, 1.54) is 25.3 Å². The monoisotopic (exact) mass is 472 g/mol. The van der Waals surface area contributed by atoms with Crippen molar-refractivity contribution >= 4 is 10.1 Å². The Morgan fingerprint density at radius 3 is 2.18 bits per heavy atom. The van der Waals surface area contributed by atoms with E-state index in [2.05, 4.69) is 0 Å². The van der Waals surface area contributed by atoms with Crippen LogP contribution in [0.3, 0.4) is 0 Å². The first-order valence-electron chi connectivity index (χ1n) is 10.4. The Morgan fingerprint density at radius 2 is 1.58 bits per heavy atom. The van der Waals surface area contributed by atoms with E-state index in [0.29, 0.717) is 13.0 Å². The zero-order valence-electron chi connectivity index (χ0n) is 18.9. The van der Waals surface area contributed by atoms with Gasteiger partial charge in [0.1, 0.15) is 10.6 Å². The fraction of sp³-hybridized carbons (Fsp3) is 0.280. The molecule has 0 aliphatic carbocycles. The van der Waals surface area contributed by atoms with Crippen molar-refractivity contribution in [2.75, 3.05) is 20.8 Å². The lowest BCUT2D eigenvalue weighted by molar-refractivity contribution is 0.0227. The van der Waals surface area contributed by atoms with E-state index in [9.17, 15) is 13.5 Å². The second-order valence-electron chi connectivity index (χ2n) is 7.42. The van der Waals surface area contributed by atoms with E-state index in [4.69, 9.17) is 18.4 Å². The molecule has 0 fully saturated rings. The molecule has 0 spiro atoms. The van der Waals surface area contributed by atoms with Gasteiger partial charge in [0.15, 0.2) is 11.5 Å². The van der Waals surface area contributed by atoms with Crippen LogP contribution in [0.2, 0.25) is 0 Å². The molecule has 8 heteroatoms. The van der Waals surface area contributed by atoms with Gasteiger partial charge in [-0.15, -0.1) is 0 Å². The van der Waals surface area contributed by atoms with Crippen LogP contribution in [-0.4, -0.2) is 34.4 Å². The number of rotatable bonds is 11. The normalized spacial score (nSPS) is 12.2. The van der Waals surface area contributed by atoms with E-state index in [1.807, 2.05) is 31.2 Å². The van der Waals surface area contributed by atoms with Crippen LogP contribution in [0.25, 0.3) is 0 Å². The molecule has 0 saturated carbocycles. The number of methoxy groups -OCH3 is 2. The second kappa shape index (κ2) is 11.2. The molecule has 176 valence electrons. The van der Waals surface area contributed by atoms with Crippen molar-refractivity contribution in [2.45, 2.75) is 31.0 Å². The predicted octanol–water partition coefficient (Wildman–Crippen LogP) is 4.42. The van der Waals surface area contributed by atoms with Gasteiger partial charge in [-0.1, -0.05) is 35.9 Å². The topological polar surface area (TPSA) is 91.3 Å². The van der Waals surface area contributed by atoms with Crippen LogP contribution in [0.15, 0.2) is 71.6 Å². The maximum absolute atomic E-state index is 12.7. The summed E-state index contributed by atoms with van der Waals surface area (Å²) < 4.78 is 47.2. The third-order valence-corrected chi connectivity index (χ3v) is 6.32. The van der Waals surface area contributed by atoms with Crippen LogP contribution < -0.4 is 13.7 Å². The Balaban J connectivity index is 1.78.